The van der Waals surface area contributed by atoms with E-state index in [1.807, 2.05) is 49.4 Å². The fourth-order valence-electron chi connectivity index (χ4n) is 4.39. The molecule has 6 nitrogen and oxygen atoms in total. The smallest absolute Gasteiger partial charge is 0.425 e. The van der Waals surface area contributed by atoms with E-state index >= 15 is 0 Å². The van der Waals surface area contributed by atoms with Gasteiger partial charge in [0.15, 0.2) is 11.5 Å². The second-order valence-electron chi connectivity index (χ2n) is 8.45. The minimum Gasteiger partial charge on any atom is -0.493 e. The SMILES string of the molecule is CCOc1ccc(/C=C2/SC3C=CC(C(=O)NC4CCCCC4)=CC3=[N+](C)C2=O)cc1OC. The van der Waals surface area contributed by atoms with Crippen LogP contribution in [0, 0.1) is 0 Å². The van der Waals surface area contributed by atoms with Crippen LogP contribution in [0.3, 0.4) is 0 Å². The Morgan fingerprint density at radius 2 is 2.03 bits per heavy atom. The molecule has 3 aliphatic rings. The molecule has 4 rings (SSSR count). The van der Waals surface area contributed by atoms with E-state index in [4.69, 9.17) is 9.47 Å². The largest absolute Gasteiger partial charge is 0.493 e. The summed E-state index contributed by atoms with van der Waals surface area (Å²) in [5, 5.41) is 3.14. The van der Waals surface area contributed by atoms with E-state index in [2.05, 4.69) is 5.32 Å². The highest BCUT2D eigenvalue weighted by Crippen LogP contribution is 2.35. The molecular formula is C26H31N2O4S+. The number of nitrogens with zero attached hydrogens (tertiary/aromatic N) is 1. The zero-order chi connectivity index (χ0) is 23.4. The van der Waals surface area contributed by atoms with Crippen molar-refractivity contribution in [2.24, 2.45) is 0 Å². The molecule has 0 saturated heterocycles. The number of hydrogen-bond acceptors (Lipinski definition) is 5. The third-order valence-electron chi connectivity index (χ3n) is 6.19. The van der Waals surface area contributed by atoms with E-state index < -0.39 is 0 Å². The number of methoxy groups -OCH3 is 1. The van der Waals surface area contributed by atoms with Crippen LogP contribution >= 0.6 is 11.8 Å². The first-order chi connectivity index (χ1) is 16.0. The Bertz CT molecular complexity index is 1060. The van der Waals surface area contributed by atoms with Gasteiger partial charge in [0.2, 0.25) is 5.71 Å². The number of hydrogen-bond donors (Lipinski definition) is 1. The van der Waals surface area contributed by atoms with Crippen LogP contribution in [-0.4, -0.2) is 54.2 Å². The highest BCUT2D eigenvalue weighted by atomic mass is 32.2. The van der Waals surface area contributed by atoms with Gasteiger partial charge in [-0.15, -0.1) is 0 Å². The average molecular weight is 468 g/mol. The molecular weight excluding hydrogens is 436 g/mol. The highest BCUT2D eigenvalue weighted by Gasteiger charge is 2.38. The Balaban J connectivity index is 1.54. The molecule has 1 fully saturated rings. The van der Waals surface area contributed by atoms with Crippen molar-refractivity contribution >= 4 is 35.4 Å². The molecule has 1 atom stereocenters. The molecule has 0 bridgehead atoms. The number of carbonyl (C=O) groups excluding carboxylic acids is 2. The van der Waals surface area contributed by atoms with E-state index in [9.17, 15) is 9.59 Å². The van der Waals surface area contributed by atoms with Gasteiger partial charge in [0.25, 0.3) is 5.91 Å². The Labute approximate surface area is 199 Å². The van der Waals surface area contributed by atoms with Crippen LogP contribution in [0.15, 0.2) is 46.9 Å². The molecule has 33 heavy (non-hydrogen) atoms. The average Bonchev–Trinajstić information content (AvgIpc) is 2.83. The molecule has 1 aromatic rings. The standard InChI is InChI=1S/C26H30N2O4S/c1-4-32-21-12-10-17(14-22(21)31-3)15-24-26(30)28(2)20-16-18(11-13-23(20)33-24)25(29)27-19-8-6-5-7-9-19/h10-16,19,23H,4-9H2,1-3H3/p+1/b24-15+. The minimum atomic E-state index is -0.0855. The summed E-state index contributed by atoms with van der Waals surface area (Å²) < 4.78 is 12.7. The van der Waals surface area contributed by atoms with E-state index in [1.165, 1.54) is 31.0 Å². The number of carbonyl (C=O) groups is 2. The van der Waals surface area contributed by atoms with Crippen LogP contribution in [0.25, 0.3) is 6.08 Å². The fourth-order valence-corrected chi connectivity index (χ4v) is 5.61. The molecule has 7 heteroatoms. The summed E-state index contributed by atoms with van der Waals surface area (Å²) in [6.45, 7) is 2.48. The van der Waals surface area contributed by atoms with Gasteiger partial charge in [-0.2, -0.15) is 4.58 Å². The van der Waals surface area contributed by atoms with Gasteiger partial charge < -0.3 is 14.8 Å². The third-order valence-corrected chi connectivity index (χ3v) is 7.39. The summed E-state index contributed by atoms with van der Waals surface area (Å²) in [4.78, 5) is 26.5. The maximum atomic E-state index is 13.1. The molecule has 2 amide bonds. The lowest BCUT2D eigenvalue weighted by molar-refractivity contribution is -0.413. The number of thioether (sulfide) groups is 1. The number of allylic oxidation sites excluding steroid dienone is 1. The number of fused-ring (bicyclic) bond motifs is 1. The lowest BCUT2D eigenvalue weighted by Gasteiger charge is -2.24. The molecule has 0 aromatic heterocycles. The van der Waals surface area contributed by atoms with Gasteiger partial charge in [-0.1, -0.05) is 49.2 Å². The first kappa shape index (κ1) is 23.4. The van der Waals surface area contributed by atoms with Gasteiger partial charge in [0.05, 0.1) is 13.7 Å². The van der Waals surface area contributed by atoms with Gasteiger partial charge >= 0.3 is 5.91 Å². The van der Waals surface area contributed by atoms with Crippen LogP contribution < -0.4 is 14.8 Å². The topological polar surface area (TPSA) is 67.6 Å². The first-order valence-corrected chi connectivity index (χ1v) is 12.4. The molecule has 0 radical (unpaired) electrons. The Morgan fingerprint density at radius 1 is 1.24 bits per heavy atom. The van der Waals surface area contributed by atoms with Gasteiger partial charge in [-0.25, -0.2) is 4.79 Å². The van der Waals surface area contributed by atoms with E-state index in [-0.39, 0.29) is 23.1 Å². The Morgan fingerprint density at radius 3 is 2.76 bits per heavy atom. The molecule has 1 unspecified atom stereocenters. The highest BCUT2D eigenvalue weighted by molar-refractivity contribution is 8.05. The van der Waals surface area contributed by atoms with Crippen LogP contribution in [0.5, 0.6) is 11.5 Å². The first-order valence-electron chi connectivity index (χ1n) is 11.5. The van der Waals surface area contributed by atoms with Crippen LogP contribution in [0.4, 0.5) is 0 Å². The molecule has 1 heterocycles. The van der Waals surface area contributed by atoms with Crippen LogP contribution in [-0.2, 0) is 9.59 Å². The molecule has 2 aliphatic carbocycles. The molecule has 1 saturated carbocycles. The second kappa shape index (κ2) is 10.4. The van der Waals surface area contributed by atoms with E-state index in [0.717, 1.165) is 24.1 Å². The predicted octanol–water partition coefficient (Wildman–Crippen LogP) is 4.11. The lowest BCUT2D eigenvalue weighted by Crippen LogP contribution is -2.40. The predicted molar refractivity (Wildman–Crippen MR) is 132 cm³/mol. The Kier molecular flexibility index (Phi) is 7.38. The second-order valence-corrected chi connectivity index (χ2v) is 9.63. The van der Waals surface area contributed by atoms with E-state index in [1.54, 1.807) is 18.7 Å². The van der Waals surface area contributed by atoms with Crippen molar-refractivity contribution in [3.8, 4) is 11.5 Å². The number of nitrogens with one attached hydrogen (secondary N) is 1. The van der Waals surface area contributed by atoms with Crippen LogP contribution in [0.1, 0.15) is 44.6 Å². The number of ether oxygens (including phenoxy) is 2. The number of likely N-dealkylation sites (N-methyl/N-ethyl adjacent to an activating group) is 1. The van der Waals surface area contributed by atoms with Gasteiger partial charge in [-0.05, 0) is 43.5 Å². The number of rotatable bonds is 6. The molecule has 0 spiro atoms. The van der Waals surface area contributed by atoms with Crippen LogP contribution in [0.2, 0.25) is 0 Å². The maximum absolute atomic E-state index is 13.1. The van der Waals surface area contributed by atoms with Crippen molar-refractivity contribution in [3.63, 3.8) is 0 Å². The zero-order valence-corrected chi connectivity index (χ0v) is 20.2. The van der Waals surface area contributed by atoms with Gasteiger partial charge in [0, 0.05) is 17.7 Å². The van der Waals surface area contributed by atoms with Crippen molar-refractivity contribution in [2.75, 3.05) is 20.8 Å². The van der Waals surface area contributed by atoms with Crippen molar-refractivity contribution in [3.05, 3.63) is 52.5 Å². The summed E-state index contributed by atoms with van der Waals surface area (Å²) in [6.07, 6.45) is 13.3. The monoisotopic (exact) mass is 467 g/mol. The van der Waals surface area contributed by atoms with Crippen molar-refractivity contribution in [2.45, 2.75) is 50.3 Å². The lowest BCUT2D eigenvalue weighted by atomic mass is 9.95. The molecule has 1 aromatic carbocycles. The van der Waals surface area contributed by atoms with Crippen molar-refractivity contribution < 1.29 is 23.6 Å². The van der Waals surface area contributed by atoms with Gasteiger partial charge in [0.1, 0.15) is 17.2 Å². The summed E-state index contributed by atoms with van der Waals surface area (Å²) in [5.41, 5.74) is 2.31. The summed E-state index contributed by atoms with van der Waals surface area (Å²) >= 11 is 1.50. The maximum Gasteiger partial charge on any atom is 0.425 e. The summed E-state index contributed by atoms with van der Waals surface area (Å²) in [6, 6.07) is 5.89. The minimum absolute atomic E-state index is 0.0187. The normalized spacial score (nSPS) is 22.2. The molecule has 1 N–H and O–H groups in total. The quantitative estimate of drug-likeness (QED) is 0.504. The van der Waals surface area contributed by atoms with Crippen molar-refractivity contribution in [1.82, 2.24) is 5.32 Å². The number of benzene rings is 1. The number of amides is 2. The third kappa shape index (κ3) is 5.24. The van der Waals surface area contributed by atoms with E-state index in [0.29, 0.717) is 28.6 Å². The molecule has 1 aliphatic heterocycles. The summed E-state index contributed by atoms with van der Waals surface area (Å²) in [5.74, 6) is 1.17. The van der Waals surface area contributed by atoms with Gasteiger partial charge in [-0.3, -0.25) is 4.79 Å². The Hall–Kier alpha value is -2.80. The van der Waals surface area contributed by atoms with Crippen molar-refractivity contribution in [1.29, 1.82) is 0 Å². The zero-order valence-electron chi connectivity index (χ0n) is 19.4. The summed E-state index contributed by atoms with van der Waals surface area (Å²) in [7, 11) is 3.37. The molecule has 174 valence electrons. The fraction of sp³-hybridized carbons (Fsp3) is 0.423.